The Morgan fingerprint density at radius 1 is 1.06 bits per heavy atom. The SMILES string of the molecule is CC(C)C(CNC(=O)c1csc(NC(=O)OCC2c3ccccc3-c3ccccc32)n1)C(=O)O. The number of thiazole rings is 1. The molecule has 2 amide bonds. The van der Waals surface area contributed by atoms with Crippen LogP contribution in [0.5, 0.6) is 0 Å². The van der Waals surface area contributed by atoms with Gasteiger partial charge in [-0.3, -0.25) is 14.9 Å². The summed E-state index contributed by atoms with van der Waals surface area (Å²) in [5, 5.41) is 16.1. The van der Waals surface area contributed by atoms with Crippen molar-refractivity contribution < 1.29 is 24.2 Å². The van der Waals surface area contributed by atoms with Crippen LogP contribution in [0.3, 0.4) is 0 Å². The second-order valence-corrected chi connectivity index (χ2v) is 9.25. The predicted octanol–water partition coefficient (Wildman–Crippen LogP) is 4.59. The summed E-state index contributed by atoms with van der Waals surface area (Å²) in [7, 11) is 0. The van der Waals surface area contributed by atoms with Crippen LogP contribution in [0.2, 0.25) is 0 Å². The summed E-state index contributed by atoms with van der Waals surface area (Å²) in [6.45, 7) is 3.73. The van der Waals surface area contributed by atoms with E-state index in [1.54, 1.807) is 13.8 Å². The molecule has 1 aromatic heterocycles. The molecule has 0 bridgehead atoms. The standard InChI is InChI=1S/C25H25N3O5S/c1-14(2)19(23(30)31)11-26-22(29)21-13-34-24(27-21)28-25(32)33-12-20-17-9-5-3-7-15(17)16-8-4-6-10-18(16)20/h3-10,13-14,19-20H,11-12H2,1-2H3,(H,26,29)(H,30,31)(H,27,28,32). The van der Waals surface area contributed by atoms with Crippen molar-refractivity contribution in [2.24, 2.45) is 11.8 Å². The summed E-state index contributed by atoms with van der Waals surface area (Å²) in [6, 6.07) is 16.1. The molecule has 1 aliphatic rings. The van der Waals surface area contributed by atoms with Crippen LogP contribution in [0.4, 0.5) is 9.93 Å². The first-order chi connectivity index (χ1) is 16.3. The molecule has 0 saturated carbocycles. The second-order valence-electron chi connectivity index (χ2n) is 8.39. The number of fused-ring (bicyclic) bond motifs is 3. The molecular formula is C25H25N3O5S. The highest BCUT2D eigenvalue weighted by atomic mass is 32.1. The number of carboxylic acid groups (broad SMARTS) is 1. The number of ether oxygens (including phenoxy) is 1. The van der Waals surface area contributed by atoms with Gasteiger partial charge in [0.25, 0.3) is 5.91 Å². The fourth-order valence-electron chi connectivity index (χ4n) is 4.06. The molecule has 34 heavy (non-hydrogen) atoms. The summed E-state index contributed by atoms with van der Waals surface area (Å²) >= 11 is 1.09. The van der Waals surface area contributed by atoms with Crippen molar-refractivity contribution >= 4 is 34.4 Å². The maximum absolute atomic E-state index is 12.4. The Morgan fingerprint density at radius 2 is 1.68 bits per heavy atom. The van der Waals surface area contributed by atoms with E-state index in [9.17, 15) is 19.5 Å². The Balaban J connectivity index is 1.33. The van der Waals surface area contributed by atoms with Crippen LogP contribution in [0.1, 0.15) is 41.4 Å². The average Bonchev–Trinajstić information content (AvgIpc) is 3.40. The minimum Gasteiger partial charge on any atom is -0.481 e. The number of hydrogen-bond acceptors (Lipinski definition) is 6. The lowest BCUT2D eigenvalue weighted by Crippen LogP contribution is -2.35. The number of aliphatic carboxylic acids is 1. The molecule has 0 fully saturated rings. The predicted molar refractivity (Wildman–Crippen MR) is 129 cm³/mol. The highest BCUT2D eigenvalue weighted by molar-refractivity contribution is 7.14. The lowest BCUT2D eigenvalue weighted by atomic mass is 9.96. The van der Waals surface area contributed by atoms with Gasteiger partial charge in [0.2, 0.25) is 0 Å². The Kier molecular flexibility index (Phi) is 6.93. The summed E-state index contributed by atoms with van der Waals surface area (Å²) in [5.41, 5.74) is 4.62. The number of rotatable bonds is 8. The Labute approximate surface area is 201 Å². The van der Waals surface area contributed by atoms with E-state index in [4.69, 9.17) is 4.74 Å². The summed E-state index contributed by atoms with van der Waals surface area (Å²) < 4.78 is 5.50. The van der Waals surface area contributed by atoms with Crippen LogP contribution in [0.15, 0.2) is 53.9 Å². The smallest absolute Gasteiger partial charge is 0.413 e. The minimum atomic E-state index is -0.966. The van der Waals surface area contributed by atoms with Crippen molar-refractivity contribution in [1.82, 2.24) is 10.3 Å². The number of benzene rings is 2. The van der Waals surface area contributed by atoms with Crippen LogP contribution in [-0.4, -0.2) is 41.2 Å². The van der Waals surface area contributed by atoms with Crippen molar-refractivity contribution in [3.05, 3.63) is 70.7 Å². The molecule has 8 nitrogen and oxygen atoms in total. The zero-order chi connectivity index (χ0) is 24.2. The van der Waals surface area contributed by atoms with Gasteiger partial charge in [-0.1, -0.05) is 62.4 Å². The quantitative estimate of drug-likeness (QED) is 0.435. The first-order valence-corrected chi connectivity index (χ1v) is 11.8. The van der Waals surface area contributed by atoms with Gasteiger partial charge in [-0.15, -0.1) is 11.3 Å². The molecule has 0 radical (unpaired) electrons. The summed E-state index contributed by atoms with van der Waals surface area (Å²) in [5.74, 6) is -2.34. The van der Waals surface area contributed by atoms with E-state index < -0.39 is 23.9 Å². The van der Waals surface area contributed by atoms with E-state index in [1.165, 1.54) is 5.38 Å². The molecule has 1 unspecified atom stereocenters. The van der Waals surface area contributed by atoms with Crippen molar-refractivity contribution in [2.45, 2.75) is 19.8 Å². The number of aromatic nitrogens is 1. The molecule has 1 aliphatic carbocycles. The molecule has 0 aliphatic heterocycles. The molecule has 1 heterocycles. The molecule has 4 rings (SSSR count). The van der Waals surface area contributed by atoms with Crippen LogP contribution < -0.4 is 10.6 Å². The molecule has 2 aromatic carbocycles. The Morgan fingerprint density at radius 3 is 2.26 bits per heavy atom. The molecule has 3 aromatic rings. The van der Waals surface area contributed by atoms with Crippen molar-refractivity contribution in [3.8, 4) is 11.1 Å². The summed E-state index contributed by atoms with van der Waals surface area (Å²) in [4.78, 5) is 40.1. The van der Waals surface area contributed by atoms with Gasteiger partial charge < -0.3 is 15.2 Å². The van der Waals surface area contributed by atoms with Crippen LogP contribution >= 0.6 is 11.3 Å². The third kappa shape index (κ3) is 4.94. The molecular weight excluding hydrogens is 454 g/mol. The normalized spacial score (nSPS) is 13.1. The van der Waals surface area contributed by atoms with Gasteiger partial charge >= 0.3 is 12.1 Å². The monoisotopic (exact) mass is 479 g/mol. The Bertz CT molecular complexity index is 1180. The highest BCUT2D eigenvalue weighted by Crippen LogP contribution is 2.44. The van der Waals surface area contributed by atoms with Gasteiger partial charge in [0.15, 0.2) is 5.13 Å². The molecule has 0 spiro atoms. The topological polar surface area (TPSA) is 118 Å². The largest absolute Gasteiger partial charge is 0.481 e. The maximum Gasteiger partial charge on any atom is 0.413 e. The average molecular weight is 480 g/mol. The summed E-state index contributed by atoms with van der Waals surface area (Å²) in [6.07, 6.45) is -0.658. The first kappa shape index (κ1) is 23.4. The van der Waals surface area contributed by atoms with E-state index >= 15 is 0 Å². The number of anilines is 1. The zero-order valence-electron chi connectivity index (χ0n) is 18.8. The number of nitrogens with one attached hydrogen (secondary N) is 2. The molecule has 9 heteroatoms. The van der Waals surface area contributed by atoms with Crippen molar-refractivity contribution in [1.29, 1.82) is 0 Å². The maximum atomic E-state index is 12.4. The van der Waals surface area contributed by atoms with Crippen LogP contribution in [0.25, 0.3) is 11.1 Å². The van der Waals surface area contributed by atoms with Crippen LogP contribution in [0, 0.1) is 11.8 Å². The van der Waals surface area contributed by atoms with E-state index in [1.807, 2.05) is 36.4 Å². The lowest BCUT2D eigenvalue weighted by Gasteiger charge is -2.16. The number of nitrogens with zero attached hydrogens (tertiary/aromatic N) is 1. The highest BCUT2D eigenvalue weighted by Gasteiger charge is 2.29. The van der Waals surface area contributed by atoms with Crippen molar-refractivity contribution in [3.63, 3.8) is 0 Å². The molecule has 1 atom stereocenters. The van der Waals surface area contributed by atoms with E-state index in [0.717, 1.165) is 33.6 Å². The van der Waals surface area contributed by atoms with Gasteiger partial charge in [-0.2, -0.15) is 0 Å². The number of carbonyl (C=O) groups is 3. The molecule has 3 N–H and O–H groups in total. The lowest BCUT2D eigenvalue weighted by molar-refractivity contribution is -0.142. The number of amides is 2. The zero-order valence-corrected chi connectivity index (χ0v) is 19.6. The van der Waals surface area contributed by atoms with Gasteiger partial charge in [0, 0.05) is 17.8 Å². The number of hydrogen-bond donors (Lipinski definition) is 3. The van der Waals surface area contributed by atoms with Gasteiger partial charge in [-0.05, 0) is 28.2 Å². The minimum absolute atomic E-state index is 0.00149. The third-order valence-electron chi connectivity index (χ3n) is 5.89. The molecule has 176 valence electrons. The fourth-order valence-corrected chi connectivity index (χ4v) is 4.73. The van der Waals surface area contributed by atoms with E-state index in [2.05, 4.69) is 27.8 Å². The van der Waals surface area contributed by atoms with Gasteiger partial charge in [-0.25, -0.2) is 9.78 Å². The van der Waals surface area contributed by atoms with E-state index in [-0.39, 0.29) is 35.8 Å². The Hall–Kier alpha value is -3.72. The van der Waals surface area contributed by atoms with Crippen LogP contribution in [-0.2, 0) is 9.53 Å². The van der Waals surface area contributed by atoms with Crippen molar-refractivity contribution in [2.75, 3.05) is 18.5 Å². The third-order valence-corrected chi connectivity index (χ3v) is 6.65. The number of carboxylic acids is 1. The van der Waals surface area contributed by atoms with Gasteiger partial charge in [0.1, 0.15) is 12.3 Å². The van der Waals surface area contributed by atoms with E-state index in [0.29, 0.717) is 0 Å². The number of carbonyl (C=O) groups excluding carboxylic acids is 2. The second kappa shape index (κ2) is 10.0. The molecule has 0 saturated heterocycles. The first-order valence-electron chi connectivity index (χ1n) is 10.9. The fraction of sp³-hybridized carbons (Fsp3) is 0.280. The van der Waals surface area contributed by atoms with Gasteiger partial charge in [0.05, 0.1) is 5.92 Å².